The number of nitrogens with zero attached hydrogens (tertiary/aromatic N) is 5. The topological polar surface area (TPSA) is 82.4 Å². The highest BCUT2D eigenvalue weighted by molar-refractivity contribution is 6.33. The Hall–Kier alpha value is -3.34. The van der Waals surface area contributed by atoms with Gasteiger partial charge in [-0.15, -0.1) is 18.0 Å². The third kappa shape index (κ3) is 5.67. The Labute approximate surface area is 186 Å². The predicted molar refractivity (Wildman–Crippen MR) is 109 cm³/mol. The van der Waals surface area contributed by atoms with E-state index in [9.17, 15) is 18.0 Å². The van der Waals surface area contributed by atoms with Crippen LogP contribution in [0.1, 0.15) is 24.2 Å². The zero-order valence-electron chi connectivity index (χ0n) is 17.1. The molecule has 0 N–H and O–H groups in total. The summed E-state index contributed by atoms with van der Waals surface area (Å²) in [5.74, 6) is -0.664. The molecule has 0 saturated heterocycles. The first-order chi connectivity index (χ1) is 15.2. The van der Waals surface area contributed by atoms with Crippen molar-refractivity contribution in [3.63, 3.8) is 0 Å². The van der Waals surface area contributed by atoms with E-state index in [1.807, 2.05) is 6.92 Å². The summed E-state index contributed by atoms with van der Waals surface area (Å²) in [5.41, 5.74) is 0.673. The molecule has 1 aromatic carbocycles. The summed E-state index contributed by atoms with van der Waals surface area (Å²) in [6.45, 7) is 4.01. The van der Waals surface area contributed by atoms with Gasteiger partial charge in [0.1, 0.15) is 18.0 Å². The van der Waals surface area contributed by atoms with E-state index < -0.39 is 18.2 Å². The number of rotatable bonds is 8. The molecule has 0 fully saturated rings. The van der Waals surface area contributed by atoms with Crippen molar-refractivity contribution < 1.29 is 27.4 Å². The Morgan fingerprint density at radius 2 is 1.94 bits per heavy atom. The van der Waals surface area contributed by atoms with Crippen LogP contribution in [0.5, 0.6) is 11.6 Å². The SMILES string of the molecule is CCN(C(=O)c1cccc(Cl)c1-n1nccn1)C(C)COc1ccc(OC(F)(F)F)cn1. The number of pyridine rings is 1. The highest BCUT2D eigenvalue weighted by Crippen LogP contribution is 2.26. The number of likely N-dealkylation sites (N-methyl/N-ethyl adjacent to an activating group) is 1. The number of amides is 1. The molecule has 1 atom stereocenters. The van der Waals surface area contributed by atoms with Crippen LogP contribution in [0.3, 0.4) is 0 Å². The maximum atomic E-state index is 13.3. The second-order valence-corrected chi connectivity index (χ2v) is 6.99. The Morgan fingerprint density at radius 3 is 2.53 bits per heavy atom. The van der Waals surface area contributed by atoms with Gasteiger partial charge in [0.05, 0.1) is 35.2 Å². The van der Waals surface area contributed by atoms with Crippen LogP contribution in [0.2, 0.25) is 5.02 Å². The summed E-state index contributed by atoms with van der Waals surface area (Å²) in [6, 6.07) is 6.88. The van der Waals surface area contributed by atoms with Crippen molar-refractivity contribution in [2.75, 3.05) is 13.2 Å². The van der Waals surface area contributed by atoms with Crippen molar-refractivity contribution in [3.05, 3.63) is 59.5 Å². The zero-order valence-corrected chi connectivity index (χ0v) is 17.8. The zero-order chi connectivity index (χ0) is 23.3. The molecule has 32 heavy (non-hydrogen) atoms. The maximum absolute atomic E-state index is 13.3. The summed E-state index contributed by atoms with van der Waals surface area (Å²) in [6.07, 6.45) is -0.940. The van der Waals surface area contributed by atoms with Crippen LogP contribution in [0, 0.1) is 0 Å². The molecule has 0 aliphatic rings. The normalized spacial score (nSPS) is 12.3. The molecule has 0 spiro atoms. The molecule has 3 aromatic rings. The number of hydrogen-bond donors (Lipinski definition) is 0. The van der Waals surface area contributed by atoms with Crippen LogP contribution in [0.25, 0.3) is 5.69 Å². The van der Waals surface area contributed by atoms with Gasteiger partial charge in [0.25, 0.3) is 5.91 Å². The second-order valence-electron chi connectivity index (χ2n) is 6.59. The molecule has 0 bridgehead atoms. The fraction of sp³-hybridized carbons (Fsp3) is 0.300. The summed E-state index contributed by atoms with van der Waals surface area (Å²) in [7, 11) is 0. The molecule has 170 valence electrons. The molecule has 2 heterocycles. The number of carbonyl (C=O) groups is 1. The molecule has 1 amide bonds. The third-order valence-electron chi connectivity index (χ3n) is 4.38. The van der Waals surface area contributed by atoms with Gasteiger partial charge in [-0.25, -0.2) is 4.98 Å². The average Bonchev–Trinajstić information content (AvgIpc) is 3.26. The fourth-order valence-electron chi connectivity index (χ4n) is 2.97. The second kappa shape index (κ2) is 9.86. The number of hydrogen-bond acceptors (Lipinski definition) is 6. The van der Waals surface area contributed by atoms with Gasteiger partial charge in [-0.2, -0.15) is 10.2 Å². The molecule has 1 unspecified atom stereocenters. The first-order valence-electron chi connectivity index (χ1n) is 9.50. The molecule has 0 aliphatic carbocycles. The molecule has 0 aliphatic heterocycles. The lowest BCUT2D eigenvalue weighted by Gasteiger charge is -2.28. The van der Waals surface area contributed by atoms with Gasteiger partial charge >= 0.3 is 6.36 Å². The van der Waals surface area contributed by atoms with Gasteiger partial charge in [-0.3, -0.25) is 4.79 Å². The van der Waals surface area contributed by atoms with Gasteiger partial charge < -0.3 is 14.4 Å². The number of alkyl halides is 3. The van der Waals surface area contributed by atoms with Gasteiger partial charge in [-0.1, -0.05) is 17.7 Å². The minimum atomic E-state index is -4.80. The van der Waals surface area contributed by atoms with Crippen LogP contribution < -0.4 is 9.47 Å². The lowest BCUT2D eigenvalue weighted by atomic mass is 10.1. The molecule has 0 saturated carbocycles. The van der Waals surface area contributed by atoms with Crippen molar-refractivity contribution in [3.8, 4) is 17.3 Å². The molecular weight excluding hydrogens is 451 g/mol. The first kappa shape index (κ1) is 23.3. The van der Waals surface area contributed by atoms with E-state index in [-0.39, 0.29) is 18.4 Å². The van der Waals surface area contributed by atoms with E-state index in [1.165, 1.54) is 23.3 Å². The van der Waals surface area contributed by atoms with Crippen molar-refractivity contribution in [2.24, 2.45) is 0 Å². The Morgan fingerprint density at radius 1 is 1.22 bits per heavy atom. The number of aromatic nitrogens is 4. The van der Waals surface area contributed by atoms with Crippen LogP contribution in [0.15, 0.2) is 48.9 Å². The summed E-state index contributed by atoms with van der Waals surface area (Å²) < 4.78 is 46.1. The van der Waals surface area contributed by atoms with Crippen LogP contribution >= 0.6 is 11.6 Å². The fourth-order valence-corrected chi connectivity index (χ4v) is 3.22. The van der Waals surface area contributed by atoms with E-state index in [4.69, 9.17) is 16.3 Å². The summed E-state index contributed by atoms with van der Waals surface area (Å²) in [4.78, 5) is 19.9. The maximum Gasteiger partial charge on any atom is 0.573 e. The largest absolute Gasteiger partial charge is 0.573 e. The minimum Gasteiger partial charge on any atom is -0.475 e. The van der Waals surface area contributed by atoms with Crippen molar-refractivity contribution in [1.29, 1.82) is 0 Å². The minimum absolute atomic E-state index is 0.0575. The van der Waals surface area contributed by atoms with E-state index >= 15 is 0 Å². The van der Waals surface area contributed by atoms with E-state index in [0.717, 1.165) is 12.3 Å². The number of benzene rings is 1. The summed E-state index contributed by atoms with van der Waals surface area (Å²) >= 11 is 6.30. The number of carbonyl (C=O) groups excluding carboxylic acids is 1. The van der Waals surface area contributed by atoms with Crippen LogP contribution in [0.4, 0.5) is 13.2 Å². The number of halogens is 4. The highest BCUT2D eigenvalue weighted by atomic mass is 35.5. The monoisotopic (exact) mass is 469 g/mol. The highest BCUT2D eigenvalue weighted by Gasteiger charge is 2.31. The van der Waals surface area contributed by atoms with E-state index in [2.05, 4.69) is 19.9 Å². The van der Waals surface area contributed by atoms with Crippen LogP contribution in [-0.4, -0.2) is 56.3 Å². The number of para-hydroxylation sites is 1. The van der Waals surface area contributed by atoms with E-state index in [0.29, 0.717) is 22.8 Å². The van der Waals surface area contributed by atoms with Gasteiger partial charge in [0, 0.05) is 12.6 Å². The van der Waals surface area contributed by atoms with E-state index in [1.54, 1.807) is 30.0 Å². The third-order valence-corrected chi connectivity index (χ3v) is 4.69. The lowest BCUT2D eigenvalue weighted by molar-refractivity contribution is -0.274. The van der Waals surface area contributed by atoms with Gasteiger partial charge in [0.15, 0.2) is 0 Å². The Bertz CT molecular complexity index is 1050. The van der Waals surface area contributed by atoms with Gasteiger partial charge in [0.2, 0.25) is 5.88 Å². The molecule has 12 heteroatoms. The lowest BCUT2D eigenvalue weighted by Crippen LogP contribution is -2.42. The summed E-state index contributed by atoms with van der Waals surface area (Å²) in [5, 5.41) is 8.44. The van der Waals surface area contributed by atoms with Crippen LogP contribution in [-0.2, 0) is 0 Å². The van der Waals surface area contributed by atoms with Crippen molar-refractivity contribution >= 4 is 17.5 Å². The molecule has 2 aromatic heterocycles. The molecule has 3 rings (SSSR count). The molecular formula is C20H19ClF3N5O3. The predicted octanol–water partition coefficient (Wildman–Crippen LogP) is 4.14. The quantitative estimate of drug-likeness (QED) is 0.493. The van der Waals surface area contributed by atoms with Gasteiger partial charge in [-0.05, 0) is 32.0 Å². The Balaban J connectivity index is 1.71. The smallest absolute Gasteiger partial charge is 0.475 e. The Kier molecular flexibility index (Phi) is 7.18. The standard InChI is InChI=1S/C20H19ClF3N5O3/c1-3-28(13(2)12-31-17-8-7-14(11-25-17)32-20(22,23)24)19(30)15-5-4-6-16(21)18(15)29-26-9-10-27-29/h4-11,13H,3,12H2,1-2H3. The number of ether oxygens (including phenoxy) is 2. The van der Waals surface area contributed by atoms with Crippen molar-refractivity contribution in [2.45, 2.75) is 26.3 Å². The average molecular weight is 470 g/mol. The molecule has 0 radical (unpaired) electrons. The first-order valence-corrected chi connectivity index (χ1v) is 9.88. The van der Waals surface area contributed by atoms with Crippen molar-refractivity contribution in [1.82, 2.24) is 24.9 Å². The molecule has 8 nitrogen and oxygen atoms in total.